The van der Waals surface area contributed by atoms with Crippen molar-refractivity contribution in [1.29, 1.82) is 0 Å². The Morgan fingerprint density at radius 1 is 0.292 bits per heavy atom. The fourth-order valence-corrected chi connectivity index (χ4v) is 11.3. The molecule has 2 nitrogen and oxygen atoms in total. The van der Waals surface area contributed by atoms with Crippen LogP contribution < -0.4 is 4.90 Å². The number of aromatic nitrogens is 1. The van der Waals surface area contributed by atoms with Crippen molar-refractivity contribution in [3.8, 4) is 39.1 Å². The van der Waals surface area contributed by atoms with Crippen LogP contribution in [-0.4, -0.2) is 4.57 Å². The molecule has 2 aromatic heterocycles. The zero-order chi connectivity index (χ0) is 42.8. The molecular weight excluding hydrogens is 805 g/mol. The Morgan fingerprint density at radius 3 is 1.48 bits per heavy atom. The van der Waals surface area contributed by atoms with Crippen molar-refractivity contribution in [3.05, 3.63) is 243 Å². The summed E-state index contributed by atoms with van der Waals surface area (Å²) < 4.78 is 5.00. The first-order valence-electron chi connectivity index (χ1n) is 22.2. The number of benzene rings is 11. The first-order chi connectivity index (χ1) is 32.2. The molecule has 0 aliphatic heterocycles. The van der Waals surface area contributed by atoms with Crippen LogP contribution in [0.5, 0.6) is 0 Å². The lowest BCUT2D eigenvalue weighted by molar-refractivity contribution is 1.18. The van der Waals surface area contributed by atoms with Crippen LogP contribution in [0, 0.1) is 0 Å². The summed E-state index contributed by atoms with van der Waals surface area (Å²) in [6.07, 6.45) is 0. The summed E-state index contributed by atoms with van der Waals surface area (Å²) in [5.41, 5.74) is 14.1. The van der Waals surface area contributed by atoms with Crippen molar-refractivity contribution in [2.75, 3.05) is 4.90 Å². The summed E-state index contributed by atoms with van der Waals surface area (Å²) in [6, 6.07) is 88.9. The van der Waals surface area contributed by atoms with Gasteiger partial charge in [-0.1, -0.05) is 176 Å². The second-order valence-electron chi connectivity index (χ2n) is 16.9. The van der Waals surface area contributed by atoms with Gasteiger partial charge in [-0.15, -0.1) is 11.3 Å². The summed E-state index contributed by atoms with van der Waals surface area (Å²) in [6.45, 7) is 0. The molecule has 13 rings (SSSR count). The molecule has 2 heterocycles. The Morgan fingerprint density at radius 2 is 0.769 bits per heavy atom. The molecule has 0 atom stereocenters. The van der Waals surface area contributed by atoms with Gasteiger partial charge in [0.05, 0.1) is 16.7 Å². The molecule has 0 saturated heterocycles. The van der Waals surface area contributed by atoms with E-state index in [1.807, 2.05) is 11.3 Å². The second kappa shape index (κ2) is 15.2. The maximum Gasteiger partial charge on any atom is 0.0541 e. The third-order valence-corrected chi connectivity index (χ3v) is 14.3. The maximum absolute atomic E-state index is 2.41. The predicted molar refractivity (Wildman–Crippen MR) is 280 cm³/mol. The van der Waals surface area contributed by atoms with E-state index in [2.05, 4.69) is 252 Å². The Bertz CT molecular complexity index is 3880. The molecule has 0 aliphatic rings. The molecule has 0 aliphatic carbocycles. The smallest absolute Gasteiger partial charge is 0.0541 e. The zero-order valence-corrected chi connectivity index (χ0v) is 36.2. The number of fused-ring (bicyclic) bond motifs is 9. The van der Waals surface area contributed by atoms with Gasteiger partial charge >= 0.3 is 0 Å². The van der Waals surface area contributed by atoms with Crippen LogP contribution in [0.2, 0.25) is 0 Å². The Hall–Kier alpha value is -8.24. The van der Waals surface area contributed by atoms with Crippen molar-refractivity contribution in [1.82, 2.24) is 4.57 Å². The van der Waals surface area contributed by atoms with Crippen LogP contribution in [0.1, 0.15) is 0 Å². The van der Waals surface area contributed by atoms with Crippen molar-refractivity contribution in [2.45, 2.75) is 0 Å². The number of hydrogen-bond acceptors (Lipinski definition) is 2. The molecule has 11 aromatic carbocycles. The van der Waals surface area contributed by atoms with Crippen molar-refractivity contribution < 1.29 is 0 Å². The van der Waals surface area contributed by atoms with Crippen molar-refractivity contribution in [3.63, 3.8) is 0 Å². The molecule has 0 radical (unpaired) electrons. The number of hydrogen-bond donors (Lipinski definition) is 0. The minimum absolute atomic E-state index is 1.11. The van der Waals surface area contributed by atoms with E-state index in [9.17, 15) is 0 Å². The molecule has 0 amide bonds. The van der Waals surface area contributed by atoms with E-state index in [0.29, 0.717) is 0 Å². The number of thiophene rings is 1. The van der Waals surface area contributed by atoms with E-state index < -0.39 is 0 Å². The van der Waals surface area contributed by atoms with Crippen molar-refractivity contribution in [2.24, 2.45) is 0 Å². The summed E-state index contributed by atoms with van der Waals surface area (Å²) >= 11 is 1.86. The highest BCUT2D eigenvalue weighted by Crippen LogP contribution is 2.43. The molecule has 0 fully saturated rings. The van der Waals surface area contributed by atoms with Gasteiger partial charge in [-0.25, -0.2) is 0 Å². The molecule has 65 heavy (non-hydrogen) atoms. The van der Waals surface area contributed by atoms with E-state index in [-0.39, 0.29) is 0 Å². The Balaban J connectivity index is 0.870. The number of nitrogens with zero attached hydrogens (tertiary/aromatic N) is 2. The minimum Gasteiger partial charge on any atom is -0.310 e. The van der Waals surface area contributed by atoms with E-state index in [1.165, 1.54) is 103 Å². The maximum atomic E-state index is 2.41. The molecule has 304 valence electrons. The molecule has 0 spiro atoms. The average Bonchev–Trinajstić information content (AvgIpc) is 3.92. The fourth-order valence-electron chi connectivity index (χ4n) is 10.1. The van der Waals surface area contributed by atoms with Gasteiger partial charge in [0, 0.05) is 53.6 Å². The quantitative estimate of drug-likeness (QED) is 0.145. The van der Waals surface area contributed by atoms with Gasteiger partial charge < -0.3 is 9.47 Å². The van der Waals surface area contributed by atoms with Gasteiger partial charge in [0.2, 0.25) is 0 Å². The van der Waals surface area contributed by atoms with Gasteiger partial charge in [0.15, 0.2) is 0 Å². The van der Waals surface area contributed by atoms with Crippen LogP contribution in [0.3, 0.4) is 0 Å². The highest BCUT2D eigenvalue weighted by Gasteiger charge is 2.18. The monoisotopic (exact) mass is 844 g/mol. The summed E-state index contributed by atoms with van der Waals surface area (Å²) in [5.74, 6) is 0. The lowest BCUT2D eigenvalue weighted by Crippen LogP contribution is -2.09. The Kier molecular flexibility index (Phi) is 8.75. The molecule has 13 aromatic rings. The summed E-state index contributed by atoms with van der Waals surface area (Å²) in [4.78, 5) is 2.39. The molecular formula is C62H40N2S. The molecule has 0 unspecified atom stereocenters. The fraction of sp³-hybridized carbons (Fsp3) is 0. The molecule has 3 heteroatoms. The number of anilines is 3. The third kappa shape index (κ3) is 6.24. The Labute approximate surface area is 381 Å². The van der Waals surface area contributed by atoms with E-state index in [4.69, 9.17) is 0 Å². The van der Waals surface area contributed by atoms with E-state index in [0.717, 1.165) is 17.1 Å². The van der Waals surface area contributed by atoms with Crippen LogP contribution in [0.4, 0.5) is 17.1 Å². The molecule has 0 bridgehead atoms. The van der Waals surface area contributed by atoms with Crippen LogP contribution >= 0.6 is 11.3 Å². The highest BCUT2D eigenvalue weighted by molar-refractivity contribution is 7.25. The van der Waals surface area contributed by atoms with Crippen LogP contribution in [-0.2, 0) is 0 Å². The SMILES string of the molecule is c1ccc(-n2c3ccccc3c3ccccc32)c(-c2ccc(-c3ccc(N(c4ccc(-c5cc6ccccc6c6ccccc56)cc4)c4ccc5c(c4)sc4ccccc45)cc3)cc2)c1. The van der Waals surface area contributed by atoms with Gasteiger partial charge in [-0.2, -0.15) is 0 Å². The van der Waals surface area contributed by atoms with E-state index >= 15 is 0 Å². The number of para-hydroxylation sites is 3. The van der Waals surface area contributed by atoms with E-state index in [1.54, 1.807) is 0 Å². The van der Waals surface area contributed by atoms with Crippen LogP contribution in [0.15, 0.2) is 243 Å². The second-order valence-corrected chi connectivity index (χ2v) is 17.9. The predicted octanol–water partition coefficient (Wildman–Crippen LogP) is 17.9. The highest BCUT2D eigenvalue weighted by atomic mass is 32.1. The largest absolute Gasteiger partial charge is 0.310 e. The zero-order valence-electron chi connectivity index (χ0n) is 35.4. The normalized spacial score (nSPS) is 11.7. The summed E-state index contributed by atoms with van der Waals surface area (Å²) in [7, 11) is 0. The average molecular weight is 845 g/mol. The lowest BCUT2D eigenvalue weighted by Gasteiger charge is -2.26. The third-order valence-electron chi connectivity index (χ3n) is 13.2. The lowest BCUT2D eigenvalue weighted by atomic mass is 9.93. The van der Waals surface area contributed by atoms with Gasteiger partial charge in [0.1, 0.15) is 0 Å². The first-order valence-corrected chi connectivity index (χ1v) is 23.1. The van der Waals surface area contributed by atoms with Crippen LogP contribution in [0.25, 0.3) is 103 Å². The van der Waals surface area contributed by atoms with Crippen molar-refractivity contribution >= 4 is 91.9 Å². The first kappa shape index (κ1) is 37.3. The van der Waals surface area contributed by atoms with Gasteiger partial charge in [-0.05, 0) is 116 Å². The standard InChI is InChI=1S/C62H40N2S/c1-2-14-49-45(13-1)39-57(52-17-4-3-16-51(49)52)44-31-35-47(36-32-44)63(48-37-38-56-55-20-8-12-24-61(55)65-62(56)40-48)46-33-29-42(30-34-46)41-25-27-43(28-26-41)50-15-5-9-21-58(50)64-59-22-10-6-18-53(59)54-19-7-11-23-60(54)64/h1-40H. The van der Waals surface area contributed by atoms with Gasteiger partial charge in [0.25, 0.3) is 0 Å². The molecule has 0 N–H and O–H groups in total. The minimum atomic E-state index is 1.11. The topological polar surface area (TPSA) is 8.17 Å². The summed E-state index contributed by atoms with van der Waals surface area (Å²) in [5, 5.41) is 10.2. The van der Waals surface area contributed by atoms with Gasteiger partial charge in [-0.3, -0.25) is 0 Å². The molecule has 0 saturated carbocycles. The number of rotatable bonds is 7.